The molecule has 31 heavy (non-hydrogen) atoms. The highest BCUT2D eigenvalue weighted by Crippen LogP contribution is 2.36. The van der Waals surface area contributed by atoms with Crippen LogP contribution < -0.4 is 5.32 Å². The maximum atomic E-state index is 13.3. The number of piperidine rings is 1. The first-order valence-corrected chi connectivity index (χ1v) is 11.4. The lowest BCUT2D eigenvalue weighted by Gasteiger charge is -2.42. The zero-order chi connectivity index (χ0) is 21.7. The number of ether oxygens (including phenoxy) is 1. The van der Waals surface area contributed by atoms with Gasteiger partial charge in [0.15, 0.2) is 0 Å². The highest BCUT2D eigenvalue weighted by Gasteiger charge is 2.44. The molecular weight excluding hydrogens is 388 g/mol. The van der Waals surface area contributed by atoms with Crippen LogP contribution in [0.4, 0.5) is 0 Å². The fraction of sp³-hybridized carbons (Fsp3) is 0.462. The van der Waals surface area contributed by atoms with E-state index in [1.54, 1.807) is 0 Å². The van der Waals surface area contributed by atoms with Crippen LogP contribution in [0.2, 0.25) is 0 Å². The Kier molecular flexibility index (Phi) is 6.71. The van der Waals surface area contributed by atoms with Crippen molar-refractivity contribution in [1.82, 2.24) is 10.2 Å². The molecule has 2 atom stereocenters. The molecule has 0 saturated carbocycles. The molecule has 0 unspecified atom stereocenters. The van der Waals surface area contributed by atoms with Crippen molar-refractivity contribution in [2.24, 2.45) is 5.41 Å². The molecule has 2 aliphatic rings. The third kappa shape index (κ3) is 4.82. The van der Waals surface area contributed by atoms with Crippen molar-refractivity contribution in [3.8, 4) is 11.1 Å². The van der Waals surface area contributed by atoms with Crippen LogP contribution in [0.3, 0.4) is 0 Å². The molecule has 164 valence electrons. The molecule has 2 aliphatic heterocycles. The Morgan fingerprint density at radius 3 is 2.65 bits per heavy atom. The lowest BCUT2D eigenvalue weighted by atomic mass is 9.73. The van der Waals surface area contributed by atoms with Gasteiger partial charge in [-0.3, -0.25) is 9.59 Å². The average molecular weight is 421 g/mol. The summed E-state index contributed by atoms with van der Waals surface area (Å²) in [6.07, 6.45) is 3.60. The summed E-state index contributed by atoms with van der Waals surface area (Å²) in [5.41, 5.74) is 2.82. The second kappa shape index (κ2) is 9.65. The molecule has 1 N–H and O–H groups in total. The number of carbonyl (C=O) groups is 2. The zero-order valence-electron chi connectivity index (χ0n) is 18.3. The number of nitrogens with one attached hydrogen (secondary N) is 1. The van der Waals surface area contributed by atoms with Crippen LogP contribution in [-0.2, 0) is 20.7 Å². The lowest BCUT2D eigenvalue weighted by Crippen LogP contribution is -2.56. The number of rotatable bonds is 6. The van der Waals surface area contributed by atoms with Crippen LogP contribution in [0.5, 0.6) is 0 Å². The minimum absolute atomic E-state index is 0.0453. The van der Waals surface area contributed by atoms with Gasteiger partial charge in [-0.15, -0.1) is 0 Å². The van der Waals surface area contributed by atoms with Gasteiger partial charge in [0.05, 0.1) is 5.41 Å². The molecule has 0 radical (unpaired) electrons. The van der Waals surface area contributed by atoms with Crippen LogP contribution in [0.1, 0.15) is 38.2 Å². The molecular formula is C26H32N2O3. The average Bonchev–Trinajstić information content (AvgIpc) is 3.35. The maximum Gasteiger partial charge on any atom is 0.251 e. The van der Waals surface area contributed by atoms with Crippen molar-refractivity contribution in [2.45, 2.75) is 45.1 Å². The van der Waals surface area contributed by atoms with Crippen molar-refractivity contribution in [3.05, 3.63) is 60.2 Å². The smallest absolute Gasteiger partial charge is 0.251 e. The van der Waals surface area contributed by atoms with Crippen molar-refractivity contribution in [1.29, 1.82) is 0 Å². The maximum absolute atomic E-state index is 13.3. The molecule has 2 amide bonds. The number of amides is 2. The number of hydrogen-bond acceptors (Lipinski definition) is 3. The van der Waals surface area contributed by atoms with E-state index in [0.29, 0.717) is 32.7 Å². The van der Waals surface area contributed by atoms with Gasteiger partial charge in [0, 0.05) is 26.2 Å². The summed E-state index contributed by atoms with van der Waals surface area (Å²) < 4.78 is 5.64. The van der Waals surface area contributed by atoms with Crippen molar-refractivity contribution in [3.63, 3.8) is 0 Å². The molecule has 2 fully saturated rings. The number of benzene rings is 2. The second-order valence-electron chi connectivity index (χ2n) is 8.75. The summed E-state index contributed by atoms with van der Waals surface area (Å²) in [6.45, 7) is 4.33. The van der Waals surface area contributed by atoms with Crippen LogP contribution in [0.25, 0.3) is 11.1 Å². The molecule has 4 rings (SSSR count). The number of hydrogen-bond donors (Lipinski definition) is 1. The van der Waals surface area contributed by atoms with E-state index in [4.69, 9.17) is 4.74 Å². The standard InChI is InChI=1S/C26H32N2O3/c1-2-27-25(30)26(14-8-15-28(19-26)24(29)23-13-7-16-31-23)18-20-9-6-12-22(17-20)21-10-4-3-5-11-21/h3-6,9-12,17,23H,2,7-8,13-16,18-19H2,1H3,(H,27,30)/t23-,26-/m1/s1. The van der Waals surface area contributed by atoms with E-state index in [1.165, 1.54) is 0 Å². The minimum Gasteiger partial charge on any atom is -0.368 e. The first-order chi connectivity index (χ1) is 15.1. The quantitative estimate of drug-likeness (QED) is 0.773. The van der Waals surface area contributed by atoms with Gasteiger partial charge >= 0.3 is 0 Å². The molecule has 2 saturated heterocycles. The van der Waals surface area contributed by atoms with Crippen LogP contribution in [0.15, 0.2) is 54.6 Å². The Morgan fingerprint density at radius 2 is 1.90 bits per heavy atom. The number of nitrogens with zero attached hydrogens (tertiary/aromatic N) is 1. The summed E-state index contributed by atoms with van der Waals surface area (Å²) in [5.74, 6) is 0.0915. The van der Waals surface area contributed by atoms with Crippen LogP contribution >= 0.6 is 0 Å². The fourth-order valence-corrected chi connectivity index (χ4v) is 4.94. The highest BCUT2D eigenvalue weighted by molar-refractivity contribution is 5.86. The van der Waals surface area contributed by atoms with Gasteiger partial charge < -0.3 is 15.0 Å². The normalized spacial score (nSPS) is 23.5. The molecule has 2 aromatic rings. The zero-order valence-corrected chi connectivity index (χ0v) is 18.3. The summed E-state index contributed by atoms with van der Waals surface area (Å²) >= 11 is 0. The van der Waals surface area contributed by atoms with E-state index in [9.17, 15) is 9.59 Å². The Hall–Kier alpha value is -2.66. The molecule has 5 heteroatoms. The first kappa shape index (κ1) is 21.6. The van der Waals surface area contributed by atoms with E-state index < -0.39 is 5.41 Å². The van der Waals surface area contributed by atoms with E-state index in [0.717, 1.165) is 42.4 Å². The van der Waals surface area contributed by atoms with Gasteiger partial charge in [-0.2, -0.15) is 0 Å². The van der Waals surface area contributed by atoms with E-state index in [1.807, 2.05) is 30.0 Å². The van der Waals surface area contributed by atoms with Crippen molar-refractivity contribution in [2.75, 3.05) is 26.2 Å². The molecule has 0 bridgehead atoms. The Balaban J connectivity index is 1.59. The first-order valence-electron chi connectivity index (χ1n) is 11.4. The van der Waals surface area contributed by atoms with Gasteiger partial charge in [-0.1, -0.05) is 54.6 Å². The molecule has 0 aromatic heterocycles. The van der Waals surface area contributed by atoms with Gasteiger partial charge in [0.2, 0.25) is 5.91 Å². The van der Waals surface area contributed by atoms with Gasteiger partial charge in [-0.25, -0.2) is 0 Å². The minimum atomic E-state index is -0.613. The fourth-order valence-electron chi connectivity index (χ4n) is 4.94. The highest BCUT2D eigenvalue weighted by atomic mass is 16.5. The number of likely N-dealkylation sites (tertiary alicyclic amines) is 1. The lowest BCUT2D eigenvalue weighted by molar-refractivity contribution is -0.148. The third-order valence-electron chi connectivity index (χ3n) is 6.49. The molecule has 0 aliphatic carbocycles. The summed E-state index contributed by atoms with van der Waals surface area (Å²) in [4.78, 5) is 28.2. The monoisotopic (exact) mass is 420 g/mol. The molecule has 2 heterocycles. The Labute approximate surface area is 184 Å². The van der Waals surface area contributed by atoms with E-state index in [2.05, 4.69) is 41.7 Å². The molecule has 2 aromatic carbocycles. The topological polar surface area (TPSA) is 58.6 Å². The van der Waals surface area contributed by atoms with E-state index in [-0.39, 0.29) is 17.9 Å². The molecule has 5 nitrogen and oxygen atoms in total. The summed E-state index contributed by atoms with van der Waals surface area (Å²) in [5, 5.41) is 3.04. The Morgan fingerprint density at radius 1 is 1.10 bits per heavy atom. The second-order valence-corrected chi connectivity index (χ2v) is 8.75. The predicted molar refractivity (Wildman–Crippen MR) is 121 cm³/mol. The van der Waals surface area contributed by atoms with Gasteiger partial charge in [-0.05, 0) is 55.7 Å². The SMILES string of the molecule is CCNC(=O)[C@@]1(Cc2cccc(-c3ccccc3)c2)CCCN(C(=O)[C@H]2CCCO2)C1. The van der Waals surface area contributed by atoms with Crippen molar-refractivity contribution < 1.29 is 14.3 Å². The third-order valence-corrected chi connectivity index (χ3v) is 6.49. The molecule has 0 spiro atoms. The predicted octanol–water partition coefficient (Wildman–Crippen LogP) is 3.82. The number of carbonyl (C=O) groups excluding carboxylic acids is 2. The van der Waals surface area contributed by atoms with Crippen LogP contribution in [-0.4, -0.2) is 49.1 Å². The Bertz CT molecular complexity index is 908. The largest absolute Gasteiger partial charge is 0.368 e. The summed E-state index contributed by atoms with van der Waals surface area (Å²) in [7, 11) is 0. The summed E-state index contributed by atoms with van der Waals surface area (Å²) in [6, 6.07) is 18.7. The van der Waals surface area contributed by atoms with Gasteiger partial charge in [0.1, 0.15) is 6.10 Å². The van der Waals surface area contributed by atoms with Gasteiger partial charge in [0.25, 0.3) is 5.91 Å². The van der Waals surface area contributed by atoms with E-state index >= 15 is 0 Å². The van der Waals surface area contributed by atoms with Crippen LogP contribution in [0, 0.1) is 5.41 Å². The van der Waals surface area contributed by atoms with Crippen molar-refractivity contribution >= 4 is 11.8 Å².